The minimum absolute atomic E-state index is 0.0316. The molecule has 0 unspecified atom stereocenters. The van der Waals surface area contributed by atoms with Gasteiger partial charge in [0.25, 0.3) is 0 Å². The molecule has 1 aromatic carbocycles. The molecule has 0 spiro atoms. The van der Waals surface area contributed by atoms with E-state index in [1.54, 1.807) is 31.4 Å². The average Bonchev–Trinajstić information content (AvgIpc) is 3.14. The molecule has 2 atom stereocenters. The van der Waals surface area contributed by atoms with Crippen molar-refractivity contribution in [3.05, 3.63) is 53.9 Å². The maximum Gasteiger partial charge on any atom is 0.243 e. The highest BCUT2D eigenvalue weighted by Gasteiger charge is 2.44. The normalized spacial score (nSPS) is 23.5. The third kappa shape index (κ3) is 3.77. The third-order valence-corrected chi connectivity index (χ3v) is 7.24. The van der Waals surface area contributed by atoms with Crippen LogP contribution in [0, 0.1) is 6.92 Å². The summed E-state index contributed by atoms with van der Waals surface area (Å²) in [6.07, 6.45) is -0.119. The highest BCUT2D eigenvalue weighted by atomic mass is 32.2. The molecule has 4 rings (SSSR count). The molecular weight excluding hydrogens is 378 g/mol. The number of sulfonamides is 1. The molecule has 0 aliphatic carbocycles. The fraction of sp³-hybridized carbons (Fsp3) is 0.450. The summed E-state index contributed by atoms with van der Waals surface area (Å²) in [5.74, 6) is 0.634. The zero-order chi connectivity index (χ0) is 19.7. The maximum atomic E-state index is 13.1. The van der Waals surface area contributed by atoms with Crippen molar-refractivity contribution < 1.29 is 17.9 Å². The number of pyridine rings is 1. The molecule has 2 aliphatic heterocycles. The lowest BCUT2D eigenvalue weighted by molar-refractivity contribution is -0.0506. The lowest BCUT2D eigenvalue weighted by Gasteiger charge is -2.36. The van der Waals surface area contributed by atoms with Crippen molar-refractivity contribution in [2.45, 2.75) is 30.5 Å². The molecule has 1 aromatic heterocycles. The highest BCUT2D eigenvalue weighted by Crippen LogP contribution is 2.29. The van der Waals surface area contributed by atoms with Crippen molar-refractivity contribution in [1.82, 2.24) is 14.2 Å². The average molecular weight is 404 g/mol. The number of methoxy groups -OCH3 is 1. The number of fused-ring (bicyclic) bond motifs is 1. The van der Waals surface area contributed by atoms with Crippen LogP contribution in [-0.2, 0) is 21.3 Å². The zero-order valence-electron chi connectivity index (χ0n) is 16.1. The largest absolute Gasteiger partial charge is 0.497 e. The van der Waals surface area contributed by atoms with Gasteiger partial charge in [-0.25, -0.2) is 8.42 Å². The van der Waals surface area contributed by atoms with E-state index in [0.29, 0.717) is 32.0 Å². The molecular formula is C20H25N3O4S. The molecule has 2 aliphatic rings. The molecule has 0 saturated carbocycles. The van der Waals surface area contributed by atoms with E-state index in [1.165, 1.54) is 4.31 Å². The molecule has 2 fully saturated rings. The van der Waals surface area contributed by atoms with Crippen molar-refractivity contribution in [2.75, 3.05) is 33.4 Å². The number of rotatable bonds is 5. The summed E-state index contributed by atoms with van der Waals surface area (Å²) in [6.45, 7) is 4.84. The SMILES string of the molecule is COc1ccc(S(=O)(=O)N2C[C@@H]3OCCN(Cc4cccc(C)n4)[C@H]3C2)cc1. The molecule has 8 heteroatoms. The second-order valence-corrected chi connectivity index (χ2v) is 9.15. The Kier molecular flexibility index (Phi) is 5.37. The van der Waals surface area contributed by atoms with Gasteiger partial charge in [-0.2, -0.15) is 4.31 Å². The van der Waals surface area contributed by atoms with E-state index in [9.17, 15) is 8.42 Å². The van der Waals surface area contributed by atoms with Crippen LogP contribution in [0.4, 0.5) is 0 Å². The molecule has 2 saturated heterocycles. The number of benzene rings is 1. The molecule has 0 N–H and O–H groups in total. The summed E-state index contributed by atoms with van der Waals surface area (Å²) in [5.41, 5.74) is 1.98. The van der Waals surface area contributed by atoms with Gasteiger partial charge in [-0.1, -0.05) is 6.07 Å². The van der Waals surface area contributed by atoms with Gasteiger partial charge in [0.2, 0.25) is 10.0 Å². The van der Waals surface area contributed by atoms with Crippen LogP contribution in [-0.4, -0.2) is 68.1 Å². The first kappa shape index (κ1) is 19.3. The standard InChI is InChI=1S/C20H25N3O4S/c1-15-4-3-5-16(21-15)12-22-10-11-27-20-14-23(13-19(20)22)28(24,25)18-8-6-17(26-2)7-9-18/h3-9,19-20H,10-14H2,1-2H3/t19-,20-/m0/s1. The quantitative estimate of drug-likeness (QED) is 0.756. The monoisotopic (exact) mass is 403 g/mol. The fourth-order valence-electron chi connectivity index (χ4n) is 3.91. The summed E-state index contributed by atoms with van der Waals surface area (Å²) in [4.78, 5) is 7.15. The van der Waals surface area contributed by atoms with Crippen LogP contribution < -0.4 is 4.74 Å². The summed E-state index contributed by atoms with van der Waals surface area (Å²) in [6, 6.07) is 12.5. The van der Waals surface area contributed by atoms with Crippen molar-refractivity contribution >= 4 is 10.0 Å². The van der Waals surface area contributed by atoms with Crippen molar-refractivity contribution in [1.29, 1.82) is 0 Å². The Bertz CT molecular complexity index is 933. The number of morpholine rings is 1. The van der Waals surface area contributed by atoms with Crippen LogP contribution in [0.25, 0.3) is 0 Å². The van der Waals surface area contributed by atoms with Gasteiger partial charge in [0.1, 0.15) is 5.75 Å². The second kappa shape index (κ2) is 7.79. The molecule has 2 aromatic rings. The smallest absolute Gasteiger partial charge is 0.243 e. The molecule has 150 valence electrons. The van der Waals surface area contributed by atoms with E-state index >= 15 is 0 Å². The Morgan fingerprint density at radius 2 is 1.96 bits per heavy atom. The zero-order valence-corrected chi connectivity index (χ0v) is 16.9. The Labute approximate surface area is 165 Å². The molecule has 7 nitrogen and oxygen atoms in total. The Morgan fingerprint density at radius 1 is 1.18 bits per heavy atom. The van der Waals surface area contributed by atoms with E-state index in [-0.39, 0.29) is 17.0 Å². The van der Waals surface area contributed by atoms with Crippen molar-refractivity contribution in [3.63, 3.8) is 0 Å². The number of aromatic nitrogens is 1. The number of hydrogen-bond acceptors (Lipinski definition) is 6. The minimum Gasteiger partial charge on any atom is -0.497 e. The van der Waals surface area contributed by atoms with Crippen LogP contribution in [0.3, 0.4) is 0 Å². The van der Waals surface area contributed by atoms with Gasteiger partial charge in [-0.3, -0.25) is 9.88 Å². The minimum atomic E-state index is -3.57. The Morgan fingerprint density at radius 3 is 2.68 bits per heavy atom. The molecule has 0 bridgehead atoms. The predicted molar refractivity (Wildman–Crippen MR) is 105 cm³/mol. The lowest BCUT2D eigenvalue weighted by atomic mass is 10.1. The van der Waals surface area contributed by atoms with Crippen LogP contribution in [0.15, 0.2) is 47.4 Å². The molecule has 28 heavy (non-hydrogen) atoms. The van der Waals surface area contributed by atoms with Gasteiger partial charge in [-0.05, 0) is 43.3 Å². The fourth-order valence-corrected chi connectivity index (χ4v) is 5.38. The van der Waals surface area contributed by atoms with Gasteiger partial charge < -0.3 is 9.47 Å². The first-order valence-electron chi connectivity index (χ1n) is 9.40. The summed E-state index contributed by atoms with van der Waals surface area (Å²) in [5, 5.41) is 0. The first-order chi connectivity index (χ1) is 13.5. The topological polar surface area (TPSA) is 72.0 Å². The third-order valence-electron chi connectivity index (χ3n) is 5.39. The number of ether oxygens (including phenoxy) is 2. The molecule has 3 heterocycles. The van der Waals surface area contributed by atoms with E-state index in [4.69, 9.17) is 9.47 Å². The highest BCUT2D eigenvalue weighted by molar-refractivity contribution is 7.89. The molecule has 0 radical (unpaired) electrons. The predicted octanol–water partition coefficient (Wildman–Crippen LogP) is 1.67. The number of hydrogen-bond donors (Lipinski definition) is 0. The van der Waals surface area contributed by atoms with Crippen LogP contribution in [0.2, 0.25) is 0 Å². The Balaban J connectivity index is 1.51. The van der Waals surface area contributed by atoms with Gasteiger partial charge >= 0.3 is 0 Å². The van der Waals surface area contributed by atoms with E-state index < -0.39 is 10.0 Å². The van der Waals surface area contributed by atoms with E-state index in [0.717, 1.165) is 17.9 Å². The summed E-state index contributed by atoms with van der Waals surface area (Å²) in [7, 11) is -2.01. The molecule has 0 amide bonds. The van der Waals surface area contributed by atoms with Crippen LogP contribution in [0.1, 0.15) is 11.4 Å². The van der Waals surface area contributed by atoms with Crippen molar-refractivity contribution in [2.24, 2.45) is 0 Å². The number of aryl methyl sites for hydroxylation is 1. The van der Waals surface area contributed by atoms with E-state index in [2.05, 4.69) is 9.88 Å². The van der Waals surface area contributed by atoms with Crippen LogP contribution >= 0.6 is 0 Å². The maximum absolute atomic E-state index is 13.1. The number of nitrogens with zero attached hydrogens (tertiary/aromatic N) is 3. The van der Waals surface area contributed by atoms with Crippen LogP contribution in [0.5, 0.6) is 5.75 Å². The first-order valence-corrected chi connectivity index (χ1v) is 10.8. The van der Waals surface area contributed by atoms with Crippen molar-refractivity contribution in [3.8, 4) is 5.75 Å². The summed E-state index contributed by atoms with van der Waals surface area (Å²) >= 11 is 0. The van der Waals surface area contributed by atoms with Gasteiger partial charge in [-0.15, -0.1) is 0 Å². The van der Waals surface area contributed by atoms with Gasteiger partial charge in [0, 0.05) is 31.9 Å². The van der Waals surface area contributed by atoms with E-state index in [1.807, 2.05) is 25.1 Å². The Hall–Kier alpha value is -2.00. The van der Waals surface area contributed by atoms with Gasteiger partial charge in [0.05, 0.1) is 36.5 Å². The summed E-state index contributed by atoms with van der Waals surface area (Å²) < 4.78 is 38.7. The lowest BCUT2D eigenvalue weighted by Crippen LogP contribution is -2.50. The van der Waals surface area contributed by atoms with Gasteiger partial charge in [0.15, 0.2) is 0 Å². The second-order valence-electron chi connectivity index (χ2n) is 7.21.